The van der Waals surface area contributed by atoms with Gasteiger partial charge in [0.2, 0.25) is 0 Å². The molecule has 0 atom stereocenters. The summed E-state index contributed by atoms with van der Waals surface area (Å²) in [4.78, 5) is 28.2. The molecule has 3 aromatic carbocycles. The predicted octanol–water partition coefficient (Wildman–Crippen LogP) is 4.73. The number of hydrogen-bond acceptors (Lipinski definition) is 4. The van der Waals surface area contributed by atoms with Crippen molar-refractivity contribution in [2.75, 3.05) is 0 Å². The molecule has 0 aliphatic rings. The van der Waals surface area contributed by atoms with E-state index in [1.54, 1.807) is 12.1 Å². The number of aromatic nitrogens is 3. The third-order valence-electron chi connectivity index (χ3n) is 5.21. The molecule has 0 radical (unpaired) electrons. The van der Waals surface area contributed by atoms with Gasteiger partial charge in [0.25, 0.3) is 11.2 Å². The molecule has 2 heterocycles. The van der Waals surface area contributed by atoms with E-state index in [0.717, 1.165) is 27.6 Å². The summed E-state index contributed by atoms with van der Waals surface area (Å²) in [6.45, 7) is 1.90. The van der Waals surface area contributed by atoms with Gasteiger partial charge in [0, 0.05) is 35.0 Å². The van der Waals surface area contributed by atoms with Gasteiger partial charge in [-0.1, -0.05) is 54.6 Å². The number of nitro benzene ring substituents is 1. The average Bonchev–Trinajstić information content (AvgIpc) is 3.09. The number of nitrogens with zero attached hydrogens (tertiary/aromatic N) is 3. The van der Waals surface area contributed by atoms with E-state index in [4.69, 9.17) is 4.98 Å². The van der Waals surface area contributed by atoms with Crippen molar-refractivity contribution in [1.29, 1.82) is 0 Å². The van der Waals surface area contributed by atoms with E-state index < -0.39 is 4.92 Å². The number of fused-ring (bicyclic) bond motifs is 2. The van der Waals surface area contributed by atoms with E-state index in [9.17, 15) is 14.9 Å². The first-order chi connectivity index (χ1) is 14.5. The van der Waals surface area contributed by atoms with E-state index in [1.807, 2.05) is 49.4 Å². The van der Waals surface area contributed by atoms with Crippen LogP contribution in [-0.4, -0.2) is 19.5 Å². The van der Waals surface area contributed by atoms with Crippen LogP contribution < -0.4 is 5.56 Å². The molecule has 5 aromatic rings. The molecular formula is C23H16N4O3. The minimum absolute atomic E-state index is 0.0472. The summed E-state index contributed by atoms with van der Waals surface area (Å²) in [5.74, 6) is 0. The van der Waals surface area contributed by atoms with Gasteiger partial charge in [0.05, 0.1) is 10.6 Å². The van der Waals surface area contributed by atoms with Gasteiger partial charge in [0.1, 0.15) is 0 Å². The Hall–Kier alpha value is -4.26. The molecule has 0 amide bonds. The molecule has 30 heavy (non-hydrogen) atoms. The monoisotopic (exact) mass is 396 g/mol. The molecule has 2 aromatic heterocycles. The maximum atomic E-state index is 12.8. The normalized spacial score (nSPS) is 11.2. The molecular weight excluding hydrogens is 380 g/mol. The number of benzene rings is 3. The van der Waals surface area contributed by atoms with Crippen LogP contribution in [0.5, 0.6) is 0 Å². The Bertz CT molecular complexity index is 1510. The minimum atomic E-state index is -0.461. The highest BCUT2D eigenvalue weighted by Gasteiger charge is 2.18. The average molecular weight is 396 g/mol. The lowest BCUT2D eigenvalue weighted by molar-refractivity contribution is -0.384. The number of rotatable bonds is 3. The van der Waals surface area contributed by atoms with E-state index in [1.165, 1.54) is 22.7 Å². The highest BCUT2D eigenvalue weighted by Crippen LogP contribution is 2.33. The van der Waals surface area contributed by atoms with Crippen molar-refractivity contribution < 1.29 is 4.92 Å². The second-order valence-corrected chi connectivity index (χ2v) is 7.08. The van der Waals surface area contributed by atoms with Crippen molar-refractivity contribution in [2.45, 2.75) is 6.92 Å². The minimum Gasteiger partial charge on any atom is -0.293 e. The van der Waals surface area contributed by atoms with Gasteiger partial charge >= 0.3 is 0 Å². The molecule has 0 aliphatic heterocycles. The maximum Gasteiger partial charge on any atom is 0.273 e. The second kappa shape index (κ2) is 6.66. The summed E-state index contributed by atoms with van der Waals surface area (Å²) >= 11 is 0. The van der Waals surface area contributed by atoms with Crippen molar-refractivity contribution in [3.63, 3.8) is 0 Å². The number of H-pyrrole nitrogens is 1. The van der Waals surface area contributed by atoms with Gasteiger partial charge in [-0.15, -0.1) is 0 Å². The molecule has 0 unspecified atom stereocenters. The Labute approximate surface area is 170 Å². The lowest BCUT2D eigenvalue weighted by Gasteiger charge is -2.07. The Morgan fingerprint density at radius 1 is 1.00 bits per heavy atom. The fourth-order valence-corrected chi connectivity index (χ4v) is 3.84. The van der Waals surface area contributed by atoms with Crippen LogP contribution in [0.25, 0.3) is 38.8 Å². The van der Waals surface area contributed by atoms with Crippen LogP contribution in [0.2, 0.25) is 0 Å². The highest BCUT2D eigenvalue weighted by molar-refractivity contribution is 6.00. The van der Waals surface area contributed by atoms with Gasteiger partial charge in [0.15, 0.2) is 5.65 Å². The standard InChI is InChI=1S/C23H16N4O3/c1-14-22(19-11-5-7-15-6-2-3-10-18(15)19)23-24-20(13-21(28)26(23)25-14)16-8-4-9-17(12-16)27(29)30/h2-13,25H,1H3. The van der Waals surface area contributed by atoms with Gasteiger partial charge < -0.3 is 0 Å². The molecule has 0 saturated heterocycles. The van der Waals surface area contributed by atoms with Gasteiger partial charge in [-0.05, 0) is 23.3 Å². The SMILES string of the molecule is Cc1[nH]n2c(=O)cc(-c3cccc([N+](=O)[O-])c3)nc2c1-c1cccc2ccccc12. The third kappa shape index (κ3) is 2.76. The zero-order chi connectivity index (χ0) is 20.8. The second-order valence-electron chi connectivity index (χ2n) is 7.08. The summed E-state index contributed by atoms with van der Waals surface area (Å²) in [7, 11) is 0. The summed E-state index contributed by atoms with van der Waals surface area (Å²) in [6, 6.07) is 21.6. The quantitative estimate of drug-likeness (QED) is 0.352. The molecule has 0 fully saturated rings. The summed E-state index contributed by atoms with van der Waals surface area (Å²) in [5, 5.41) is 16.4. The molecule has 0 aliphatic carbocycles. The van der Waals surface area contributed by atoms with E-state index in [0.29, 0.717) is 16.9 Å². The van der Waals surface area contributed by atoms with Crippen LogP contribution in [0.1, 0.15) is 5.69 Å². The molecule has 0 spiro atoms. The molecule has 7 nitrogen and oxygen atoms in total. The predicted molar refractivity (Wildman–Crippen MR) is 116 cm³/mol. The number of nitro groups is 1. The van der Waals surface area contributed by atoms with Crippen molar-refractivity contribution >= 4 is 22.1 Å². The Balaban J connectivity index is 1.81. The smallest absolute Gasteiger partial charge is 0.273 e. The van der Waals surface area contributed by atoms with Gasteiger partial charge in [-0.2, -0.15) is 0 Å². The van der Waals surface area contributed by atoms with Crippen LogP contribution in [0.15, 0.2) is 77.6 Å². The van der Waals surface area contributed by atoms with Crippen molar-refractivity contribution in [1.82, 2.24) is 14.6 Å². The maximum absolute atomic E-state index is 12.8. The van der Waals surface area contributed by atoms with Crippen LogP contribution in [0.4, 0.5) is 5.69 Å². The van der Waals surface area contributed by atoms with Crippen LogP contribution in [0, 0.1) is 17.0 Å². The van der Waals surface area contributed by atoms with Crippen molar-refractivity contribution in [3.05, 3.63) is 99.0 Å². The fourth-order valence-electron chi connectivity index (χ4n) is 3.84. The zero-order valence-corrected chi connectivity index (χ0v) is 16.0. The molecule has 7 heteroatoms. The molecule has 5 rings (SSSR count). The van der Waals surface area contributed by atoms with Crippen LogP contribution >= 0.6 is 0 Å². The number of non-ortho nitro benzene ring substituents is 1. The van der Waals surface area contributed by atoms with Crippen molar-refractivity contribution in [3.8, 4) is 22.4 Å². The Morgan fingerprint density at radius 2 is 1.77 bits per heavy atom. The number of hydrogen-bond donors (Lipinski definition) is 1. The zero-order valence-electron chi connectivity index (χ0n) is 16.0. The number of aryl methyl sites for hydroxylation is 1. The van der Waals surface area contributed by atoms with E-state index in [-0.39, 0.29) is 11.2 Å². The fraction of sp³-hybridized carbons (Fsp3) is 0.0435. The van der Waals surface area contributed by atoms with Gasteiger partial charge in [-0.3, -0.25) is 20.0 Å². The highest BCUT2D eigenvalue weighted by atomic mass is 16.6. The van der Waals surface area contributed by atoms with E-state index >= 15 is 0 Å². The third-order valence-corrected chi connectivity index (χ3v) is 5.21. The summed E-state index contributed by atoms with van der Waals surface area (Å²) in [6.07, 6.45) is 0. The van der Waals surface area contributed by atoms with Crippen molar-refractivity contribution in [2.24, 2.45) is 0 Å². The Morgan fingerprint density at radius 3 is 2.60 bits per heavy atom. The Kier molecular flexibility index (Phi) is 3.96. The van der Waals surface area contributed by atoms with Gasteiger partial charge in [-0.25, -0.2) is 9.50 Å². The van der Waals surface area contributed by atoms with E-state index in [2.05, 4.69) is 5.10 Å². The molecule has 1 N–H and O–H groups in total. The van der Waals surface area contributed by atoms with Crippen LogP contribution in [-0.2, 0) is 0 Å². The summed E-state index contributed by atoms with van der Waals surface area (Å²) < 4.78 is 1.41. The molecule has 146 valence electrons. The largest absolute Gasteiger partial charge is 0.293 e. The molecule has 0 saturated carbocycles. The number of aromatic amines is 1. The summed E-state index contributed by atoms with van der Waals surface area (Å²) in [5.41, 5.74) is 3.68. The first kappa shape index (κ1) is 17.8. The van der Waals surface area contributed by atoms with Crippen LogP contribution in [0.3, 0.4) is 0 Å². The number of nitrogens with one attached hydrogen (secondary N) is 1. The molecule has 0 bridgehead atoms. The first-order valence-corrected chi connectivity index (χ1v) is 9.38. The lowest BCUT2D eigenvalue weighted by Crippen LogP contribution is -2.14. The lowest BCUT2D eigenvalue weighted by atomic mass is 9.98. The first-order valence-electron chi connectivity index (χ1n) is 9.38. The topological polar surface area (TPSA) is 93.3 Å².